The minimum absolute atomic E-state index is 0.289. The van der Waals surface area contributed by atoms with Gasteiger partial charge in [0.1, 0.15) is 17.3 Å². The van der Waals surface area contributed by atoms with Gasteiger partial charge in [-0.25, -0.2) is 4.39 Å². The van der Waals surface area contributed by atoms with Crippen LogP contribution in [0.1, 0.15) is 30.4 Å². The molecule has 0 fully saturated rings. The molecule has 3 rings (SSSR count). The Bertz CT molecular complexity index is 912. The largest absolute Gasteiger partial charge is 0.457 e. The van der Waals surface area contributed by atoms with Gasteiger partial charge in [-0.05, 0) is 60.4 Å². The Kier molecular flexibility index (Phi) is 6.06. The number of carbonyl (C=O) groups is 1. The van der Waals surface area contributed by atoms with Gasteiger partial charge >= 0.3 is 0 Å². The molecule has 144 valence electrons. The number of primary amides is 1. The number of carbonyl (C=O) groups excluding carboxylic acids is 1. The molecule has 4 nitrogen and oxygen atoms in total. The number of amides is 1. The third kappa shape index (κ3) is 4.75. The highest BCUT2D eigenvalue weighted by Gasteiger charge is 2.29. The van der Waals surface area contributed by atoms with Crippen LogP contribution < -0.4 is 16.2 Å². The molecule has 1 unspecified atom stereocenters. The molecule has 0 saturated carbocycles. The molecule has 0 aliphatic carbocycles. The number of hydrogen-bond acceptors (Lipinski definition) is 3. The Morgan fingerprint density at radius 3 is 1.96 bits per heavy atom. The first-order valence-corrected chi connectivity index (χ1v) is 9.14. The zero-order valence-electron chi connectivity index (χ0n) is 15.5. The summed E-state index contributed by atoms with van der Waals surface area (Å²) in [4.78, 5) is 11.1. The Morgan fingerprint density at radius 2 is 1.39 bits per heavy atom. The molecule has 0 aromatic heterocycles. The van der Waals surface area contributed by atoms with Crippen LogP contribution >= 0.6 is 0 Å². The maximum Gasteiger partial charge on any atom is 0.217 e. The Morgan fingerprint density at radius 1 is 0.857 bits per heavy atom. The maximum absolute atomic E-state index is 13.0. The van der Waals surface area contributed by atoms with Crippen LogP contribution in [-0.2, 0) is 10.3 Å². The number of rotatable bonds is 8. The fraction of sp³-hybridized carbons (Fsp3) is 0.174. The molecule has 0 saturated heterocycles. The van der Waals surface area contributed by atoms with Crippen LogP contribution in [0.4, 0.5) is 4.39 Å². The molecule has 28 heavy (non-hydrogen) atoms. The highest BCUT2D eigenvalue weighted by Crippen LogP contribution is 2.33. The molecule has 4 N–H and O–H groups in total. The van der Waals surface area contributed by atoms with E-state index < -0.39 is 5.54 Å². The normalized spacial score (nSPS) is 12.9. The van der Waals surface area contributed by atoms with E-state index in [9.17, 15) is 9.18 Å². The smallest absolute Gasteiger partial charge is 0.217 e. The van der Waals surface area contributed by atoms with Gasteiger partial charge < -0.3 is 16.2 Å². The molecule has 0 radical (unpaired) electrons. The zero-order chi connectivity index (χ0) is 20.0. The second-order valence-electron chi connectivity index (χ2n) is 6.74. The van der Waals surface area contributed by atoms with E-state index in [0.717, 1.165) is 11.1 Å². The van der Waals surface area contributed by atoms with Crippen molar-refractivity contribution in [2.24, 2.45) is 11.5 Å². The molecule has 3 aromatic carbocycles. The lowest BCUT2D eigenvalue weighted by molar-refractivity contribution is -0.118. The van der Waals surface area contributed by atoms with Crippen molar-refractivity contribution in [3.63, 3.8) is 0 Å². The van der Waals surface area contributed by atoms with Gasteiger partial charge in [0.15, 0.2) is 0 Å². The second kappa shape index (κ2) is 8.67. The number of halogens is 1. The highest BCUT2D eigenvalue weighted by molar-refractivity contribution is 5.73. The molecule has 5 heteroatoms. The summed E-state index contributed by atoms with van der Waals surface area (Å²) in [6, 6.07) is 23.1. The van der Waals surface area contributed by atoms with E-state index >= 15 is 0 Å². The molecule has 1 amide bonds. The molecule has 0 aliphatic rings. The molecular formula is C23H23FN2O2. The summed E-state index contributed by atoms with van der Waals surface area (Å²) in [5.41, 5.74) is 13.2. The fourth-order valence-electron chi connectivity index (χ4n) is 3.19. The second-order valence-corrected chi connectivity index (χ2v) is 6.74. The van der Waals surface area contributed by atoms with Crippen LogP contribution in [0.5, 0.6) is 11.5 Å². The average Bonchev–Trinajstić information content (AvgIpc) is 2.70. The van der Waals surface area contributed by atoms with Crippen LogP contribution in [0.2, 0.25) is 0 Å². The van der Waals surface area contributed by atoms with E-state index in [1.165, 1.54) is 12.1 Å². The lowest BCUT2D eigenvalue weighted by Gasteiger charge is -2.31. The van der Waals surface area contributed by atoms with E-state index in [-0.39, 0.29) is 18.1 Å². The van der Waals surface area contributed by atoms with Gasteiger partial charge in [-0.3, -0.25) is 4.79 Å². The third-order valence-corrected chi connectivity index (χ3v) is 4.70. The summed E-state index contributed by atoms with van der Waals surface area (Å²) in [5, 5.41) is 0. The SMILES string of the molecule is NC(=O)CCCC(N)(c1ccccc1)c1ccc(Oc2ccc(F)cc2)cc1. The Hall–Kier alpha value is -3.18. The van der Waals surface area contributed by atoms with Crippen molar-refractivity contribution in [3.05, 3.63) is 95.8 Å². The van der Waals surface area contributed by atoms with Crippen molar-refractivity contribution in [3.8, 4) is 11.5 Å². The van der Waals surface area contributed by atoms with Crippen molar-refractivity contribution in [2.75, 3.05) is 0 Å². The monoisotopic (exact) mass is 378 g/mol. The predicted molar refractivity (Wildman–Crippen MR) is 107 cm³/mol. The van der Waals surface area contributed by atoms with Gasteiger partial charge in [-0.1, -0.05) is 42.5 Å². The first kappa shape index (κ1) is 19.6. The van der Waals surface area contributed by atoms with Gasteiger partial charge in [-0.15, -0.1) is 0 Å². The summed E-state index contributed by atoms with van der Waals surface area (Å²) in [5.74, 6) is 0.536. The summed E-state index contributed by atoms with van der Waals surface area (Å²) in [7, 11) is 0. The van der Waals surface area contributed by atoms with E-state index in [0.29, 0.717) is 24.3 Å². The highest BCUT2D eigenvalue weighted by atomic mass is 19.1. The standard InChI is InChI=1S/C23H23FN2O2/c24-19-10-14-21(15-11-19)28-20-12-8-18(9-13-20)23(26,16-4-7-22(25)27)17-5-2-1-3-6-17/h1-3,5-6,8-15H,4,7,16,26H2,(H2,25,27). The van der Waals surface area contributed by atoms with Crippen LogP contribution in [0, 0.1) is 5.82 Å². The van der Waals surface area contributed by atoms with Crippen LogP contribution in [0.3, 0.4) is 0 Å². The zero-order valence-corrected chi connectivity index (χ0v) is 15.5. The van der Waals surface area contributed by atoms with Gasteiger partial charge in [0.05, 0.1) is 5.54 Å². The molecule has 0 spiro atoms. The summed E-state index contributed by atoms with van der Waals surface area (Å²) >= 11 is 0. The Balaban J connectivity index is 1.83. The van der Waals surface area contributed by atoms with Crippen LogP contribution in [-0.4, -0.2) is 5.91 Å². The molecule has 1 atom stereocenters. The van der Waals surface area contributed by atoms with E-state index in [2.05, 4.69) is 0 Å². The summed E-state index contributed by atoms with van der Waals surface area (Å²) < 4.78 is 18.8. The Labute approximate surface area is 163 Å². The van der Waals surface area contributed by atoms with Crippen molar-refractivity contribution < 1.29 is 13.9 Å². The number of ether oxygens (including phenoxy) is 1. The molecule has 0 heterocycles. The van der Waals surface area contributed by atoms with Crippen LogP contribution in [0.25, 0.3) is 0 Å². The van der Waals surface area contributed by atoms with Crippen molar-refractivity contribution in [2.45, 2.75) is 24.8 Å². The van der Waals surface area contributed by atoms with Crippen molar-refractivity contribution in [1.82, 2.24) is 0 Å². The number of hydrogen-bond donors (Lipinski definition) is 2. The van der Waals surface area contributed by atoms with Crippen molar-refractivity contribution >= 4 is 5.91 Å². The van der Waals surface area contributed by atoms with Crippen LogP contribution in [0.15, 0.2) is 78.9 Å². The quantitative estimate of drug-likeness (QED) is 0.607. The van der Waals surface area contributed by atoms with E-state index in [1.54, 1.807) is 12.1 Å². The van der Waals surface area contributed by atoms with E-state index in [4.69, 9.17) is 16.2 Å². The first-order valence-electron chi connectivity index (χ1n) is 9.14. The number of benzene rings is 3. The van der Waals surface area contributed by atoms with Gasteiger partial charge in [-0.2, -0.15) is 0 Å². The maximum atomic E-state index is 13.0. The lowest BCUT2D eigenvalue weighted by atomic mass is 9.80. The topological polar surface area (TPSA) is 78.3 Å². The summed E-state index contributed by atoms with van der Waals surface area (Å²) in [6.07, 6.45) is 1.46. The lowest BCUT2D eigenvalue weighted by Crippen LogP contribution is -2.38. The summed E-state index contributed by atoms with van der Waals surface area (Å²) in [6.45, 7) is 0. The predicted octanol–water partition coefficient (Wildman–Crippen LogP) is 4.48. The van der Waals surface area contributed by atoms with Gasteiger partial charge in [0.2, 0.25) is 5.91 Å². The molecule has 0 aliphatic heterocycles. The minimum Gasteiger partial charge on any atom is -0.457 e. The molecule has 0 bridgehead atoms. The third-order valence-electron chi connectivity index (χ3n) is 4.70. The number of nitrogens with two attached hydrogens (primary N) is 2. The van der Waals surface area contributed by atoms with E-state index in [1.807, 2.05) is 54.6 Å². The van der Waals surface area contributed by atoms with Gasteiger partial charge in [0.25, 0.3) is 0 Å². The average molecular weight is 378 g/mol. The first-order chi connectivity index (χ1) is 13.5. The molecule has 3 aromatic rings. The van der Waals surface area contributed by atoms with Crippen molar-refractivity contribution in [1.29, 1.82) is 0 Å². The van der Waals surface area contributed by atoms with Gasteiger partial charge in [0, 0.05) is 6.42 Å². The molecular weight excluding hydrogens is 355 g/mol. The fourth-order valence-corrected chi connectivity index (χ4v) is 3.19. The minimum atomic E-state index is -0.745.